The molecule has 5 nitrogen and oxygen atoms in total. The molecule has 136 valence electrons. The van der Waals surface area contributed by atoms with Crippen molar-refractivity contribution in [3.05, 3.63) is 29.3 Å². The van der Waals surface area contributed by atoms with Gasteiger partial charge in [-0.05, 0) is 43.5 Å². The van der Waals surface area contributed by atoms with Crippen LogP contribution in [0.1, 0.15) is 45.4 Å². The number of nitrogens with zero attached hydrogens (tertiary/aromatic N) is 2. The number of sulfonamides is 1. The van der Waals surface area contributed by atoms with Crippen LogP contribution in [0, 0.1) is 0 Å². The van der Waals surface area contributed by atoms with Gasteiger partial charge in [-0.1, -0.05) is 49.5 Å². The Balaban J connectivity index is 1.95. The van der Waals surface area contributed by atoms with E-state index in [-0.39, 0.29) is 22.1 Å². The van der Waals surface area contributed by atoms with Crippen molar-refractivity contribution >= 4 is 44.5 Å². The fourth-order valence-electron chi connectivity index (χ4n) is 3.24. The number of amides is 1. The summed E-state index contributed by atoms with van der Waals surface area (Å²) in [5.41, 5.74) is 0. The summed E-state index contributed by atoms with van der Waals surface area (Å²) in [6, 6.07) is 5.98. The lowest BCUT2D eigenvalue weighted by Crippen LogP contribution is -2.42. The van der Waals surface area contributed by atoms with Gasteiger partial charge in [-0.15, -0.1) is 4.40 Å². The molecule has 1 saturated heterocycles. The summed E-state index contributed by atoms with van der Waals surface area (Å²) >= 11 is 7.09. The molecule has 1 saturated carbocycles. The van der Waals surface area contributed by atoms with Crippen molar-refractivity contribution in [2.75, 3.05) is 0 Å². The van der Waals surface area contributed by atoms with Crippen LogP contribution in [0.15, 0.2) is 33.6 Å². The van der Waals surface area contributed by atoms with E-state index in [0.29, 0.717) is 16.6 Å². The van der Waals surface area contributed by atoms with E-state index in [4.69, 9.17) is 11.6 Å². The van der Waals surface area contributed by atoms with Crippen molar-refractivity contribution in [3.8, 4) is 0 Å². The number of hydrogen-bond acceptors (Lipinski definition) is 4. The fourth-order valence-corrected chi connectivity index (χ4v) is 5.70. The second-order valence-electron chi connectivity index (χ2n) is 6.32. The lowest BCUT2D eigenvalue weighted by atomic mass is 9.94. The lowest BCUT2D eigenvalue weighted by molar-refractivity contribution is -0.128. The van der Waals surface area contributed by atoms with Crippen molar-refractivity contribution in [3.63, 3.8) is 0 Å². The van der Waals surface area contributed by atoms with E-state index in [1.54, 1.807) is 4.90 Å². The summed E-state index contributed by atoms with van der Waals surface area (Å²) < 4.78 is 29.3. The number of hydrogen-bond donors (Lipinski definition) is 0. The third kappa shape index (κ3) is 4.04. The Morgan fingerprint density at radius 1 is 1.20 bits per heavy atom. The molecule has 0 bridgehead atoms. The molecule has 25 heavy (non-hydrogen) atoms. The van der Waals surface area contributed by atoms with Crippen LogP contribution >= 0.6 is 23.4 Å². The first kappa shape index (κ1) is 18.7. The number of amidine groups is 1. The SMILES string of the molecule is CCC1SC(=NS(=O)(=O)c2ccc(Cl)cc2)N(C2CCCCC2)C1=O. The number of halogens is 1. The predicted octanol–water partition coefficient (Wildman–Crippen LogP) is 4.07. The molecule has 1 unspecified atom stereocenters. The summed E-state index contributed by atoms with van der Waals surface area (Å²) in [6.07, 6.45) is 5.76. The van der Waals surface area contributed by atoms with E-state index in [2.05, 4.69) is 4.40 Å². The van der Waals surface area contributed by atoms with Crippen LogP contribution in [0.3, 0.4) is 0 Å². The van der Waals surface area contributed by atoms with Gasteiger partial charge >= 0.3 is 0 Å². The van der Waals surface area contributed by atoms with Crippen LogP contribution in [0.25, 0.3) is 0 Å². The fraction of sp³-hybridized carbons (Fsp3) is 0.529. The Morgan fingerprint density at radius 2 is 1.84 bits per heavy atom. The Kier molecular flexibility index (Phi) is 5.75. The minimum Gasteiger partial charge on any atom is -0.287 e. The van der Waals surface area contributed by atoms with E-state index in [9.17, 15) is 13.2 Å². The molecule has 1 heterocycles. The molecule has 8 heteroatoms. The van der Waals surface area contributed by atoms with Gasteiger partial charge in [0.15, 0.2) is 5.17 Å². The first-order chi connectivity index (χ1) is 11.9. The van der Waals surface area contributed by atoms with Crippen molar-refractivity contribution < 1.29 is 13.2 Å². The van der Waals surface area contributed by atoms with Crippen molar-refractivity contribution in [1.29, 1.82) is 0 Å². The minimum atomic E-state index is -3.87. The van der Waals surface area contributed by atoms with Gasteiger partial charge in [0, 0.05) is 11.1 Å². The highest BCUT2D eigenvalue weighted by atomic mass is 35.5. The number of carbonyl (C=O) groups is 1. The summed E-state index contributed by atoms with van der Waals surface area (Å²) in [5.74, 6) is -0.00976. The molecule has 0 radical (unpaired) electrons. The van der Waals surface area contributed by atoms with Crippen LogP contribution < -0.4 is 0 Å². The molecule has 1 aromatic rings. The van der Waals surface area contributed by atoms with Crippen LogP contribution in [0.5, 0.6) is 0 Å². The minimum absolute atomic E-state index is 0.00976. The molecule has 0 N–H and O–H groups in total. The zero-order valence-electron chi connectivity index (χ0n) is 14.0. The summed E-state index contributed by atoms with van der Waals surface area (Å²) in [4.78, 5) is 14.5. The Bertz CT molecular complexity index is 772. The molecular formula is C17H21ClN2O3S2. The molecule has 1 aromatic carbocycles. The topological polar surface area (TPSA) is 66.8 Å². The van der Waals surface area contributed by atoms with Gasteiger partial charge in [-0.3, -0.25) is 9.69 Å². The molecule has 3 rings (SSSR count). The van der Waals surface area contributed by atoms with E-state index >= 15 is 0 Å². The van der Waals surface area contributed by atoms with Crippen LogP contribution in [-0.2, 0) is 14.8 Å². The maximum Gasteiger partial charge on any atom is 0.284 e. The van der Waals surface area contributed by atoms with Gasteiger partial charge in [0.05, 0.1) is 10.1 Å². The highest BCUT2D eigenvalue weighted by molar-refractivity contribution is 8.16. The maximum atomic E-state index is 12.7. The Morgan fingerprint density at radius 3 is 2.44 bits per heavy atom. The zero-order chi connectivity index (χ0) is 18.0. The van der Waals surface area contributed by atoms with Gasteiger partial charge in [-0.2, -0.15) is 8.42 Å². The van der Waals surface area contributed by atoms with Gasteiger partial charge in [0.1, 0.15) is 0 Å². The van der Waals surface area contributed by atoms with Gasteiger partial charge in [-0.25, -0.2) is 0 Å². The highest BCUT2D eigenvalue weighted by Gasteiger charge is 2.42. The van der Waals surface area contributed by atoms with Crippen LogP contribution in [-0.4, -0.2) is 35.7 Å². The van der Waals surface area contributed by atoms with Crippen molar-refractivity contribution in [2.45, 2.75) is 61.6 Å². The van der Waals surface area contributed by atoms with Gasteiger partial charge in [0.2, 0.25) is 5.91 Å². The van der Waals surface area contributed by atoms with Crippen molar-refractivity contribution in [2.24, 2.45) is 4.40 Å². The first-order valence-electron chi connectivity index (χ1n) is 8.52. The molecule has 1 aliphatic heterocycles. The largest absolute Gasteiger partial charge is 0.287 e. The normalized spacial score (nSPS) is 24.2. The van der Waals surface area contributed by atoms with E-state index in [1.807, 2.05) is 6.92 Å². The molecule has 2 aliphatic rings. The monoisotopic (exact) mass is 400 g/mol. The quantitative estimate of drug-likeness (QED) is 0.763. The highest BCUT2D eigenvalue weighted by Crippen LogP contribution is 2.36. The van der Waals surface area contributed by atoms with E-state index in [0.717, 1.165) is 25.7 Å². The van der Waals surface area contributed by atoms with Crippen molar-refractivity contribution in [1.82, 2.24) is 4.90 Å². The van der Waals surface area contributed by atoms with Gasteiger partial charge in [0.25, 0.3) is 10.0 Å². The molecule has 0 spiro atoms. The van der Waals surface area contributed by atoms with E-state index < -0.39 is 10.0 Å². The molecule has 2 fully saturated rings. The lowest BCUT2D eigenvalue weighted by Gasteiger charge is -2.30. The molecule has 1 amide bonds. The predicted molar refractivity (Wildman–Crippen MR) is 101 cm³/mol. The number of rotatable bonds is 4. The number of benzene rings is 1. The Hall–Kier alpha value is -1.05. The second kappa shape index (κ2) is 7.68. The number of carbonyl (C=O) groups excluding carboxylic acids is 1. The average molecular weight is 401 g/mol. The Labute approximate surface area is 157 Å². The molecule has 1 atom stereocenters. The van der Waals surface area contributed by atoms with E-state index in [1.165, 1.54) is 42.4 Å². The summed E-state index contributed by atoms with van der Waals surface area (Å²) in [5, 5.41) is 0.534. The zero-order valence-corrected chi connectivity index (χ0v) is 16.4. The smallest absolute Gasteiger partial charge is 0.284 e. The summed E-state index contributed by atoms with van der Waals surface area (Å²) in [6.45, 7) is 1.94. The average Bonchev–Trinajstić information content (AvgIpc) is 2.90. The van der Waals surface area contributed by atoms with Gasteiger partial charge < -0.3 is 0 Å². The maximum absolute atomic E-state index is 12.7. The first-order valence-corrected chi connectivity index (χ1v) is 11.2. The molecular weight excluding hydrogens is 380 g/mol. The van der Waals surface area contributed by atoms with Crippen LogP contribution in [0.4, 0.5) is 0 Å². The second-order valence-corrected chi connectivity index (χ2v) is 9.53. The third-order valence-electron chi connectivity index (χ3n) is 4.59. The molecule has 0 aromatic heterocycles. The molecule has 1 aliphatic carbocycles. The standard InChI is InChI=1S/C17H21ClN2O3S2/c1-2-15-16(21)20(13-6-4-3-5-7-13)17(24-15)19-25(22,23)14-10-8-12(18)9-11-14/h8-11,13,15H,2-7H2,1H3. The number of thioether (sulfide) groups is 1. The summed E-state index contributed by atoms with van der Waals surface area (Å²) in [7, 11) is -3.87. The third-order valence-corrected chi connectivity index (χ3v) is 7.55. The van der Waals surface area contributed by atoms with Crippen LogP contribution in [0.2, 0.25) is 5.02 Å².